The Kier molecular flexibility index (Phi) is 3.52. The molecule has 4 nitrogen and oxygen atoms in total. The van der Waals surface area contributed by atoms with Gasteiger partial charge >= 0.3 is 0 Å². The molecule has 1 aromatic rings. The third-order valence-electron chi connectivity index (χ3n) is 2.94. The Hall–Kier alpha value is -1.71. The smallest absolute Gasteiger partial charge is 0.263 e. The maximum absolute atomic E-state index is 12.0. The summed E-state index contributed by atoms with van der Waals surface area (Å²) in [5.41, 5.74) is 6.30. The van der Waals surface area contributed by atoms with E-state index in [1.165, 1.54) is 0 Å². The summed E-state index contributed by atoms with van der Waals surface area (Å²) < 4.78 is 5.60. The van der Waals surface area contributed by atoms with E-state index >= 15 is 0 Å². The molecule has 1 unspecified atom stereocenters. The molecule has 1 aliphatic rings. The number of nitrogen functional groups attached to an aromatic ring is 1. The number of benzene rings is 1. The molecule has 1 saturated heterocycles. The van der Waals surface area contributed by atoms with Crippen LogP contribution in [0.2, 0.25) is 0 Å². The van der Waals surface area contributed by atoms with Crippen molar-refractivity contribution in [3.63, 3.8) is 0 Å². The largest absolute Gasteiger partial charge is 0.481 e. The molecule has 2 N–H and O–H groups in total. The first-order chi connectivity index (χ1) is 8.16. The molecular weight excluding hydrogens is 216 g/mol. The summed E-state index contributed by atoms with van der Waals surface area (Å²) in [4.78, 5) is 13.9. The Morgan fingerprint density at radius 2 is 2.12 bits per heavy atom. The molecule has 1 fully saturated rings. The second-order valence-electron chi connectivity index (χ2n) is 4.36. The lowest BCUT2D eigenvalue weighted by atomic mass is 10.3. The number of anilines is 1. The van der Waals surface area contributed by atoms with E-state index in [4.69, 9.17) is 10.5 Å². The van der Waals surface area contributed by atoms with Crippen LogP contribution >= 0.6 is 0 Å². The lowest BCUT2D eigenvalue weighted by Crippen LogP contribution is -2.38. The van der Waals surface area contributed by atoms with Gasteiger partial charge in [-0.15, -0.1) is 0 Å². The van der Waals surface area contributed by atoms with E-state index in [-0.39, 0.29) is 5.91 Å². The minimum Gasteiger partial charge on any atom is -0.481 e. The number of hydrogen-bond acceptors (Lipinski definition) is 3. The minimum atomic E-state index is -0.449. The molecule has 17 heavy (non-hydrogen) atoms. The van der Waals surface area contributed by atoms with Crippen molar-refractivity contribution in [2.75, 3.05) is 18.8 Å². The van der Waals surface area contributed by atoms with Crippen molar-refractivity contribution in [1.82, 2.24) is 4.90 Å². The molecule has 1 aliphatic heterocycles. The van der Waals surface area contributed by atoms with Crippen LogP contribution in [0.4, 0.5) is 5.69 Å². The van der Waals surface area contributed by atoms with Gasteiger partial charge in [0.1, 0.15) is 5.75 Å². The number of nitrogens with two attached hydrogens (primary N) is 1. The Labute approximate surface area is 101 Å². The number of amides is 1. The van der Waals surface area contributed by atoms with E-state index in [1.807, 2.05) is 17.0 Å². The number of hydrogen-bond donors (Lipinski definition) is 1. The molecule has 0 spiro atoms. The second kappa shape index (κ2) is 5.08. The fourth-order valence-electron chi connectivity index (χ4n) is 2.04. The van der Waals surface area contributed by atoms with Gasteiger partial charge in [0.05, 0.1) is 0 Å². The molecule has 0 aromatic heterocycles. The van der Waals surface area contributed by atoms with Crippen molar-refractivity contribution < 1.29 is 9.53 Å². The lowest BCUT2D eigenvalue weighted by molar-refractivity contribution is -0.136. The third kappa shape index (κ3) is 2.90. The topological polar surface area (TPSA) is 55.6 Å². The van der Waals surface area contributed by atoms with Gasteiger partial charge in [-0.25, -0.2) is 0 Å². The first-order valence-electron chi connectivity index (χ1n) is 5.98. The summed E-state index contributed by atoms with van der Waals surface area (Å²) in [6.45, 7) is 3.48. The van der Waals surface area contributed by atoms with Crippen molar-refractivity contribution in [3.05, 3.63) is 24.3 Å². The monoisotopic (exact) mass is 234 g/mol. The van der Waals surface area contributed by atoms with Crippen molar-refractivity contribution in [2.45, 2.75) is 25.9 Å². The molecular formula is C13H18N2O2. The van der Waals surface area contributed by atoms with E-state index < -0.39 is 6.10 Å². The number of likely N-dealkylation sites (tertiary alicyclic amines) is 1. The van der Waals surface area contributed by atoms with Crippen LogP contribution in [0.3, 0.4) is 0 Å². The number of rotatable bonds is 3. The number of carbonyl (C=O) groups excluding carboxylic acids is 1. The molecule has 1 atom stereocenters. The van der Waals surface area contributed by atoms with Crippen LogP contribution in [-0.4, -0.2) is 30.0 Å². The van der Waals surface area contributed by atoms with Crippen LogP contribution in [0.15, 0.2) is 24.3 Å². The summed E-state index contributed by atoms with van der Waals surface area (Å²) >= 11 is 0. The van der Waals surface area contributed by atoms with Gasteiger partial charge in [0.2, 0.25) is 0 Å². The molecule has 0 bridgehead atoms. The first kappa shape index (κ1) is 11.8. The van der Waals surface area contributed by atoms with Crippen LogP contribution in [0.1, 0.15) is 19.8 Å². The van der Waals surface area contributed by atoms with E-state index in [0.29, 0.717) is 11.4 Å². The van der Waals surface area contributed by atoms with Gasteiger partial charge < -0.3 is 15.4 Å². The highest BCUT2D eigenvalue weighted by Gasteiger charge is 2.24. The van der Waals surface area contributed by atoms with Gasteiger partial charge in [0.15, 0.2) is 6.10 Å². The molecule has 1 aromatic carbocycles. The van der Waals surface area contributed by atoms with Gasteiger partial charge in [-0.3, -0.25) is 4.79 Å². The predicted molar refractivity (Wildman–Crippen MR) is 66.8 cm³/mol. The zero-order valence-electron chi connectivity index (χ0n) is 10.1. The van der Waals surface area contributed by atoms with Crippen molar-refractivity contribution in [3.8, 4) is 5.75 Å². The number of ether oxygens (including phenoxy) is 1. The lowest BCUT2D eigenvalue weighted by Gasteiger charge is -2.21. The average molecular weight is 234 g/mol. The van der Waals surface area contributed by atoms with Gasteiger partial charge in [-0.05, 0) is 31.9 Å². The summed E-state index contributed by atoms with van der Waals surface area (Å²) in [5, 5.41) is 0. The Balaban J connectivity index is 1.96. The number of carbonyl (C=O) groups is 1. The van der Waals surface area contributed by atoms with E-state index in [2.05, 4.69) is 0 Å². The predicted octanol–water partition coefficient (Wildman–Crippen LogP) is 1.66. The highest BCUT2D eigenvalue weighted by atomic mass is 16.5. The highest BCUT2D eigenvalue weighted by molar-refractivity contribution is 5.81. The zero-order valence-corrected chi connectivity index (χ0v) is 10.1. The van der Waals surface area contributed by atoms with Crippen LogP contribution in [0, 0.1) is 0 Å². The third-order valence-corrected chi connectivity index (χ3v) is 2.94. The fraction of sp³-hybridized carbons (Fsp3) is 0.462. The summed E-state index contributed by atoms with van der Waals surface area (Å²) in [7, 11) is 0. The van der Waals surface area contributed by atoms with Gasteiger partial charge in [-0.2, -0.15) is 0 Å². The van der Waals surface area contributed by atoms with Gasteiger partial charge in [0.25, 0.3) is 5.91 Å². The van der Waals surface area contributed by atoms with Gasteiger partial charge in [-0.1, -0.05) is 6.07 Å². The van der Waals surface area contributed by atoms with Crippen LogP contribution in [0.25, 0.3) is 0 Å². The maximum Gasteiger partial charge on any atom is 0.263 e. The Morgan fingerprint density at radius 3 is 2.76 bits per heavy atom. The second-order valence-corrected chi connectivity index (χ2v) is 4.36. The van der Waals surface area contributed by atoms with E-state index in [1.54, 1.807) is 19.1 Å². The van der Waals surface area contributed by atoms with Crippen molar-refractivity contribution >= 4 is 11.6 Å². The quantitative estimate of drug-likeness (QED) is 0.809. The zero-order chi connectivity index (χ0) is 12.3. The fourth-order valence-corrected chi connectivity index (χ4v) is 2.04. The first-order valence-corrected chi connectivity index (χ1v) is 5.98. The summed E-state index contributed by atoms with van der Waals surface area (Å²) in [6.07, 6.45) is 1.74. The van der Waals surface area contributed by atoms with Crippen LogP contribution in [-0.2, 0) is 4.79 Å². The van der Waals surface area contributed by atoms with Crippen LogP contribution in [0.5, 0.6) is 5.75 Å². The van der Waals surface area contributed by atoms with E-state index in [0.717, 1.165) is 25.9 Å². The molecule has 0 saturated carbocycles. The standard InChI is InChI=1S/C13H18N2O2/c1-10(13(16)15-7-2-3-8-15)17-12-6-4-5-11(14)9-12/h4-6,9-10H,2-3,7-8,14H2,1H3. The highest BCUT2D eigenvalue weighted by Crippen LogP contribution is 2.17. The van der Waals surface area contributed by atoms with Crippen molar-refractivity contribution in [1.29, 1.82) is 0 Å². The average Bonchev–Trinajstić information content (AvgIpc) is 2.81. The van der Waals surface area contributed by atoms with Gasteiger partial charge in [0, 0.05) is 24.8 Å². The Morgan fingerprint density at radius 1 is 1.41 bits per heavy atom. The summed E-state index contributed by atoms with van der Waals surface area (Å²) in [6, 6.07) is 7.15. The molecule has 2 rings (SSSR count). The van der Waals surface area contributed by atoms with E-state index in [9.17, 15) is 4.79 Å². The minimum absolute atomic E-state index is 0.0601. The molecule has 1 amide bonds. The normalized spacial score (nSPS) is 16.9. The van der Waals surface area contributed by atoms with Crippen LogP contribution < -0.4 is 10.5 Å². The molecule has 4 heteroatoms. The van der Waals surface area contributed by atoms with Crippen molar-refractivity contribution in [2.24, 2.45) is 0 Å². The SMILES string of the molecule is CC(Oc1cccc(N)c1)C(=O)N1CCCC1. The molecule has 0 radical (unpaired) electrons. The maximum atomic E-state index is 12.0. The molecule has 0 aliphatic carbocycles. The summed E-state index contributed by atoms with van der Waals surface area (Å²) in [5.74, 6) is 0.704. The molecule has 1 heterocycles. The molecule has 92 valence electrons. The number of nitrogens with zero attached hydrogens (tertiary/aromatic N) is 1. The Bertz CT molecular complexity index is 400.